The van der Waals surface area contributed by atoms with E-state index >= 15 is 0 Å². The Balaban J connectivity index is 2.14. The zero-order valence-electron chi connectivity index (χ0n) is 12.1. The van der Waals surface area contributed by atoms with Crippen LogP contribution >= 0.6 is 0 Å². The fourth-order valence-corrected chi connectivity index (χ4v) is 2.07. The third-order valence-electron chi connectivity index (χ3n) is 3.16. The summed E-state index contributed by atoms with van der Waals surface area (Å²) in [6.45, 7) is 2.72. The summed E-state index contributed by atoms with van der Waals surface area (Å²) < 4.78 is 5.28. The summed E-state index contributed by atoms with van der Waals surface area (Å²) in [7, 11) is 1.56. The monoisotopic (exact) mass is 285 g/mol. The summed E-state index contributed by atoms with van der Waals surface area (Å²) >= 11 is 0. The van der Waals surface area contributed by atoms with E-state index in [0.29, 0.717) is 17.9 Å². The summed E-state index contributed by atoms with van der Waals surface area (Å²) in [5, 5.41) is 15.1. The zero-order valence-corrected chi connectivity index (χ0v) is 12.1. The van der Waals surface area contributed by atoms with Gasteiger partial charge in [-0.1, -0.05) is 23.4 Å². The predicted molar refractivity (Wildman–Crippen MR) is 84.0 cm³/mol. The largest absolute Gasteiger partial charge is 0.496 e. The second-order valence-electron chi connectivity index (χ2n) is 4.74. The number of methoxy groups -OCH3 is 1. The van der Waals surface area contributed by atoms with Crippen LogP contribution in [0.3, 0.4) is 0 Å². The second kappa shape index (κ2) is 6.65. The van der Waals surface area contributed by atoms with Crippen LogP contribution in [0, 0.1) is 6.92 Å². The van der Waals surface area contributed by atoms with Crippen LogP contribution in [0.4, 0.5) is 5.69 Å². The molecule has 0 aliphatic rings. The van der Waals surface area contributed by atoms with Gasteiger partial charge in [0.1, 0.15) is 5.75 Å². The topological polar surface area (TPSA) is 79.9 Å². The van der Waals surface area contributed by atoms with Crippen molar-refractivity contribution in [2.24, 2.45) is 10.9 Å². The Hall–Kier alpha value is -2.69. The molecular formula is C16H19N3O2. The lowest BCUT2D eigenvalue weighted by molar-refractivity contribution is 0.318. The number of anilines is 1. The van der Waals surface area contributed by atoms with Gasteiger partial charge in [-0.15, -0.1) is 0 Å². The Bertz CT molecular complexity index is 654. The number of hydrogen-bond donors (Lipinski definition) is 3. The SMILES string of the molecule is COc1cc(CNc2cccc(C)c2)ccc1/C(N)=N/O. The molecule has 0 radical (unpaired) electrons. The molecule has 5 nitrogen and oxygen atoms in total. The maximum atomic E-state index is 8.75. The van der Waals surface area contributed by atoms with E-state index in [4.69, 9.17) is 15.7 Å². The number of rotatable bonds is 5. The van der Waals surface area contributed by atoms with E-state index in [1.165, 1.54) is 5.56 Å². The minimum Gasteiger partial charge on any atom is -0.496 e. The molecule has 0 heterocycles. The van der Waals surface area contributed by atoms with Gasteiger partial charge in [0.15, 0.2) is 5.84 Å². The van der Waals surface area contributed by atoms with Crippen LogP contribution in [-0.4, -0.2) is 18.2 Å². The number of hydrogen-bond acceptors (Lipinski definition) is 4. The molecule has 0 saturated heterocycles. The number of nitrogens with zero attached hydrogens (tertiary/aromatic N) is 1. The lowest BCUT2D eigenvalue weighted by Crippen LogP contribution is -2.14. The molecule has 0 bridgehead atoms. The third kappa shape index (κ3) is 3.66. The molecular weight excluding hydrogens is 266 g/mol. The molecule has 0 aliphatic carbocycles. The Labute approximate surface area is 124 Å². The molecule has 0 atom stereocenters. The second-order valence-corrected chi connectivity index (χ2v) is 4.74. The lowest BCUT2D eigenvalue weighted by Gasteiger charge is -2.11. The highest BCUT2D eigenvalue weighted by molar-refractivity contribution is 5.99. The maximum absolute atomic E-state index is 8.75. The van der Waals surface area contributed by atoms with Crippen LogP contribution < -0.4 is 15.8 Å². The highest BCUT2D eigenvalue weighted by Crippen LogP contribution is 2.21. The van der Waals surface area contributed by atoms with E-state index in [1.54, 1.807) is 13.2 Å². The van der Waals surface area contributed by atoms with Crippen molar-refractivity contribution in [1.29, 1.82) is 0 Å². The highest BCUT2D eigenvalue weighted by Gasteiger charge is 2.08. The zero-order chi connectivity index (χ0) is 15.2. The summed E-state index contributed by atoms with van der Waals surface area (Å²) in [4.78, 5) is 0. The van der Waals surface area contributed by atoms with Gasteiger partial charge in [-0.05, 0) is 42.3 Å². The summed E-state index contributed by atoms with van der Waals surface area (Å²) in [5.41, 5.74) is 9.49. The molecule has 0 spiro atoms. The van der Waals surface area contributed by atoms with Crippen molar-refractivity contribution in [3.8, 4) is 5.75 Å². The molecule has 0 unspecified atom stereocenters. The quantitative estimate of drug-likeness (QED) is 0.341. The van der Waals surface area contributed by atoms with E-state index in [1.807, 2.05) is 24.3 Å². The molecule has 5 heteroatoms. The van der Waals surface area contributed by atoms with Crippen LogP contribution in [-0.2, 0) is 6.54 Å². The Morgan fingerprint density at radius 3 is 2.76 bits per heavy atom. The molecule has 4 N–H and O–H groups in total. The average molecular weight is 285 g/mol. The smallest absolute Gasteiger partial charge is 0.173 e. The van der Waals surface area contributed by atoms with Gasteiger partial charge in [-0.2, -0.15) is 0 Å². The third-order valence-corrected chi connectivity index (χ3v) is 3.16. The van der Waals surface area contributed by atoms with E-state index in [0.717, 1.165) is 11.3 Å². The van der Waals surface area contributed by atoms with Crippen LogP contribution in [0.5, 0.6) is 5.75 Å². The fourth-order valence-electron chi connectivity index (χ4n) is 2.07. The molecule has 0 saturated carbocycles. The van der Waals surface area contributed by atoms with Gasteiger partial charge in [0, 0.05) is 12.2 Å². The number of oxime groups is 1. The predicted octanol–water partition coefficient (Wildman–Crippen LogP) is 2.71. The van der Waals surface area contributed by atoms with Gasteiger partial charge in [-0.3, -0.25) is 0 Å². The molecule has 0 aliphatic heterocycles. The lowest BCUT2D eigenvalue weighted by atomic mass is 10.1. The first kappa shape index (κ1) is 14.7. The van der Waals surface area contributed by atoms with Crippen molar-refractivity contribution >= 4 is 11.5 Å². The molecule has 0 fully saturated rings. The van der Waals surface area contributed by atoms with Gasteiger partial charge >= 0.3 is 0 Å². The molecule has 2 rings (SSSR count). The fraction of sp³-hybridized carbons (Fsp3) is 0.188. The van der Waals surface area contributed by atoms with E-state index in [9.17, 15) is 0 Å². The van der Waals surface area contributed by atoms with Gasteiger partial charge in [0.2, 0.25) is 0 Å². The number of aryl methyl sites for hydroxylation is 1. The van der Waals surface area contributed by atoms with E-state index < -0.39 is 0 Å². The standard InChI is InChI=1S/C16H19N3O2/c1-11-4-3-5-13(8-11)18-10-12-6-7-14(16(17)19-20)15(9-12)21-2/h3-9,18,20H,10H2,1-2H3,(H2,17,19). The normalized spacial score (nSPS) is 11.2. The van der Waals surface area contributed by atoms with Gasteiger partial charge in [0.25, 0.3) is 0 Å². The van der Waals surface area contributed by atoms with Gasteiger partial charge in [-0.25, -0.2) is 0 Å². The highest BCUT2D eigenvalue weighted by atomic mass is 16.5. The number of amidine groups is 1. The van der Waals surface area contributed by atoms with Crippen LogP contribution in [0.25, 0.3) is 0 Å². The van der Waals surface area contributed by atoms with Crippen molar-refractivity contribution < 1.29 is 9.94 Å². The van der Waals surface area contributed by atoms with E-state index in [2.05, 4.69) is 29.5 Å². The number of benzene rings is 2. The molecule has 0 aromatic heterocycles. The van der Waals surface area contributed by atoms with Crippen molar-refractivity contribution in [2.75, 3.05) is 12.4 Å². The van der Waals surface area contributed by atoms with Crippen LogP contribution in [0.1, 0.15) is 16.7 Å². The Kier molecular flexibility index (Phi) is 4.66. The average Bonchev–Trinajstić information content (AvgIpc) is 2.52. The summed E-state index contributed by atoms with van der Waals surface area (Å²) in [6, 6.07) is 13.7. The van der Waals surface area contributed by atoms with Crippen molar-refractivity contribution in [1.82, 2.24) is 0 Å². The minimum atomic E-state index is 0.0324. The van der Waals surface area contributed by atoms with Gasteiger partial charge in [0.05, 0.1) is 12.7 Å². The molecule has 110 valence electrons. The first-order valence-corrected chi connectivity index (χ1v) is 6.59. The van der Waals surface area contributed by atoms with Crippen LogP contribution in [0.2, 0.25) is 0 Å². The molecule has 21 heavy (non-hydrogen) atoms. The Morgan fingerprint density at radius 2 is 2.10 bits per heavy atom. The van der Waals surface area contributed by atoms with Crippen LogP contribution in [0.15, 0.2) is 47.6 Å². The van der Waals surface area contributed by atoms with Crippen molar-refractivity contribution in [2.45, 2.75) is 13.5 Å². The number of nitrogens with one attached hydrogen (secondary N) is 1. The van der Waals surface area contributed by atoms with Crippen molar-refractivity contribution in [3.63, 3.8) is 0 Å². The van der Waals surface area contributed by atoms with E-state index in [-0.39, 0.29) is 5.84 Å². The Morgan fingerprint density at radius 1 is 1.29 bits per heavy atom. The number of nitrogens with two attached hydrogens (primary N) is 1. The number of ether oxygens (including phenoxy) is 1. The molecule has 2 aromatic carbocycles. The molecule has 2 aromatic rings. The summed E-state index contributed by atoms with van der Waals surface area (Å²) in [5.74, 6) is 0.610. The van der Waals surface area contributed by atoms with Gasteiger partial charge < -0.3 is 21.0 Å². The summed E-state index contributed by atoms with van der Waals surface area (Å²) in [6.07, 6.45) is 0. The first-order valence-electron chi connectivity index (χ1n) is 6.59. The van der Waals surface area contributed by atoms with Crippen molar-refractivity contribution in [3.05, 3.63) is 59.2 Å². The minimum absolute atomic E-state index is 0.0324. The maximum Gasteiger partial charge on any atom is 0.173 e. The molecule has 0 amide bonds. The first-order chi connectivity index (χ1) is 10.1.